The van der Waals surface area contributed by atoms with Crippen LogP contribution >= 0.6 is 0 Å². The van der Waals surface area contributed by atoms with Gasteiger partial charge in [0.25, 0.3) is 0 Å². The summed E-state index contributed by atoms with van der Waals surface area (Å²) in [6, 6.07) is 4.24. The Balaban J connectivity index is 1.99. The van der Waals surface area contributed by atoms with Crippen LogP contribution in [-0.4, -0.2) is 23.7 Å². The van der Waals surface area contributed by atoms with Crippen LogP contribution in [0.1, 0.15) is 25.3 Å². The predicted octanol–water partition coefficient (Wildman–Crippen LogP) is 1.27. The van der Waals surface area contributed by atoms with Crippen molar-refractivity contribution >= 4 is 0 Å². The van der Waals surface area contributed by atoms with Crippen molar-refractivity contribution in [1.29, 1.82) is 0 Å². The van der Waals surface area contributed by atoms with Crippen LogP contribution in [0.5, 0.6) is 0 Å². The summed E-state index contributed by atoms with van der Waals surface area (Å²) in [5, 5.41) is 0. The molecule has 0 aliphatic heterocycles. The van der Waals surface area contributed by atoms with Crippen LogP contribution in [-0.2, 0) is 11.2 Å². The average molecular weight is 235 g/mol. The van der Waals surface area contributed by atoms with Gasteiger partial charge in [-0.1, -0.05) is 0 Å². The first-order valence-electron chi connectivity index (χ1n) is 6.31. The molecule has 0 saturated heterocycles. The highest BCUT2D eigenvalue weighted by Crippen LogP contribution is 2.36. The molecule has 94 valence electrons. The Bertz CT molecular complexity index is 327. The third kappa shape index (κ3) is 3.49. The monoisotopic (exact) mass is 235 g/mol. The van der Waals surface area contributed by atoms with E-state index in [9.17, 15) is 0 Å². The molecule has 17 heavy (non-hydrogen) atoms. The molecular formula is C13H21N3O. The maximum absolute atomic E-state index is 5.83. The van der Waals surface area contributed by atoms with E-state index in [1.165, 1.54) is 18.4 Å². The third-order valence-electron chi connectivity index (χ3n) is 3.26. The Hall–Kier alpha value is -0.970. The van der Waals surface area contributed by atoms with Crippen molar-refractivity contribution < 1.29 is 4.74 Å². The number of nitrogens with one attached hydrogen (secondary N) is 1. The van der Waals surface area contributed by atoms with Crippen LogP contribution in [0.4, 0.5) is 0 Å². The van der Waals surface area contributed by atoms with Crippen molar-refractivity contribution in [1.82, 2.24) is 10.4 Å². The van der Waals surface area contributed by atoms with Crippen molar-refractivity contribution in [3.05, 3.63) is 30.1 Å². The van der Waals surface area contributed by atoms with E-state index in [0.717, 1.165) is 13.0 Å². The fourth-order valence-corrected chi connectivity index (χ4v) is 2.24. The second-order valence-electron chi connectivity index (χ2n) is 4.59. The number of nitrogens with zero attached hydrogens (tertiary/aromatic N) is 1. The summed E-state index contributed by atoms with van der Waals surface area (Å²) in [5.41, 5.74) is 4.16. The Morgan fingerprint density at radius 3 is 2.71 bits per heavy atom. The molecule has 0 bridgehead atoms. The first kappa shape index (κ1) is 12.5. The summed E-state index contributed by atoms with van der Waals surface area (Å²) in [4.78, 5) is 4.02. The van der Waals surface area contributed by atoms with E-state index < -0.39 is 0 Å². The van der Waals surface area contributed by atoms with Crippen molar-refractivity contribution in [2.75, 3.05) is 6.61 Å². The van der Waals surface area contributed by atoms with Crippen LogP contribution in [0.2, 0.25) is 0 Å². The van der Waals surface area contributed by atoms with Gasteiger partial charge in [0, 0.05) is 19.0 Å². The summed E-state index contributed by atoms with van der Waals surface area (Å²) >= 11 is 0. The molecule has 2 rings (SSSR count). The molecule has 0 amide bonds. The molecule has 1 saturated carbocycles. The molecule has 2 atom stereocenters. The highest BCUT2D eigenvalue weighted by atomic mass is 16.5. The van der Waals surface area contributed by atoms with Gasteiger partial charge in [-0.3, -0.25) is 16.3 Å². The molecule has 1 aliphatic rings. The molecule has 4 heteroatoms. The molecular weight excluding hydrogens is 214 g/mol. The fraction of sp³-hybridized carbons (Fsp3) is 0.615. The summed E-state index contributed by atoms with van der Waals surface area (Å²) in [7, 11) is 0. The standard InChI is InChI=1S/C13H21N3O/c1-2-17-13(11-3-4-11)12(16-14)9-10-5-7-15-8-6-10/h5-8,11-13,16H,2-4,9,14H2,1H3. The normalized spacial score (nSPS) is 18.9. The number of hydrogen-bond acceptors (Lipinski definition) is 4. The second-order valence-corrected chi connectivity index (χ2v) is 4.59. The summed E-state index contributed by atoms with van der Waals surface area (Å²) in [6.45, 7) is 2.78. The zero-order chi connectivity index (χ0) is 12.1. The number of pyridine rings is 1. The van der Waals surface area contributed by atoms with Crippen LogP contribution < -0.4 is 11.3 Å². The van der Waals surface area contributed by atoms with Crippen molar-refractivity contribution in [2.24, 2.45) is 11.8 Å². The van der Waals surface area contributed by atoms with E-state index in [-0.39, 0.29) is 12.1 Å². The summed E-state index contributed by atoms with van der Waals surface area (Å²) < 4.78 is 5.83. The molecule has 3 N–H and O–H groups in total. The Kier molecular flexibility index (Phi) is 4.48. The molecule has 4 nitrogen and oxygen atoms in total. The van der Waals surface area contributed by atoms with Gasteiger partial charge in [-0.05, 0) is 49.8 Å². The fourth-order valence-electron chi connectivity index (χ4n) is 2.24. The first-order chi connectivity index (χ1) is 8.35. The second kappa shape index (κ2) is 6.10. The molecule has 1 fully saturated rings. The van der Waals surface area contributed by atoms with E-state index >= 15 is 0 Å². The maximum atomic E-state index is 5.83. The number of rotatable bonds is 7. The van der Waals surface area contributed by atoms with Crippen molar-refractivity contribution in [2.45, 2.75) is 38.3 Å². The average Bonchev–Trinajstić information content (AvgIpc) is 3.19. The molecule has 1 aliphatic carbocycles. The number of ether oxygens (including phenoxy) is 1. The number of aromatic nitrogens is 1. The van der Waals surface area contributed by atoms with Crippen LogP contribution in [0, 0.1) is 5.92 Å². The Labute approximate surface area is 103 Å². The third-order valence-corrected chi connectivity index (χ3v) is 3.26. The Morgan fingerprint density at radius 2 is 2.18 bits per heavy atom. The molecule has 0 radical (unpaired) electrons. The van der Waals surface area contributed by atoms with E-state index in [0.29, 0.717) is 5.92 Å². The van der Waals surface area contributed by atoms with Gasteiger partial charge in [-0.25, -0.2) is 0 Å². The van der Waals surface area contributed by atoms with Gasteiger partial charge in [0.05, 0.1) is 12.1 Å². The van der Waals surface area contributed by atoms with Gasteiger partial charge in [-0.2, -0.15) is 0 Å². The van der Waals surface area contributed by atoms with Gasteiger partial charge in [0.2, 0.25) is 0 Å². The van der Waals surface area contributed by atoms with Crippen LogP contribution in [0.25, 0.3) is 0 Å². The topological polar surface area (TPSA) is 60.2 Å². The van der Waals surface area contributed by atoms with E-state index in [4.69, 9.17) is 10.6 Å². The van der Waals surface area contributed by atoms with E-state index in [1.54, 1.807) is 0 Å². The van der Waals surface area contributed by atoms with Gasteiger partial charge in [0.1, 0.15) is 0 Å². The number of nitrogens with two attached hydrogens (primary N) is 1. The molecule has 1 heterocycles. The lowest BCUT2D eigenvalue weighted by molar-refractivity contribution is 0.0192. The lowest BCUT2D eigenvalue weighted by Gasteiger charge is -2.26. The Morgan fingerprint density at radius 1 is 1.47 bits per heavy atom. The molecule has 1 aromatic rings. The highest BCUT2D eigenvalue weighted by Gasteiger charge is 2.36. The quantitative estimate of drug-likeness (QED) is 0.552. The minimum Gasteiger partial charge on any atom is -0.377 e. The minimum absolute atomic E-state index is 0.185. The first-order valence-corrected chi connectivity index (χ1v) is 6.31. The molecule has 1 aromatic heterocycles. The van der Waals surface area contributed by atoms with Gasteiger partial charge < -0.3 is 4.74 Å². The molecule has 0 aromatic carbocycles. The summed E-state index contributed by atoms with van der Waals surface area (Å²) in [6.07, 6.45) is 7.28. The maximum Gasteiger partial charge on any atom is 0.0772 e. The summed E-state index contributed by atoms with van der Waals surface area (Å²) in [5.74, 6) is 6.35. The minimum atomic E-state index is 0.185. The number of hydrazine groups is 1. The predicted molar refractivity (Wildman–Crippen MR) is 67.2 cm³/mol. The van der Waals surface area contributed by atoms with E-state index in [2.05, 4.69) is 10.4 Å². The molecule has 2 unspecified atom stereocenters. The number of hydrogen-bond donors (Lipinski definition) is 2. The van der Waals surface area contributed by atoms with Crippen LogP contribution in [0.15, 0.2) is 24.5 Å². The van der Waals surface area contributed by atoms with Crippen molar-refractivity contribution in [3.8, 4) is 0 Å². The zero-order valence-electron chi connectivity index (χ0n) is 10.3. The smallest absolute Gasteiger partial charge is 0.0772 e. The van der Waals surface area contributed by atoms with Crippen LogP contribution in [0.3, 0.4) is 0 Å². The lowest BCUT2D eigenvalue weighted by Crippen LogP contribution is -2.47. The van der Waals surface area contributed by atoms with Gasteiger partial charge in [-0.15, -0.1) is 0 Å². The zero-order valence-corrected chi connectivity index (χ0v) is 10.3. The largest absolute Gasteiger partial charge is 0.377 e. The highest BCUT2D eigenvalue weighted by molar-refractivity contribution is 5.12. The van der Waals surface area contributed by atoms with E-state index in [1.807, 2.05) is 31.5 Å². The molecule has 0 spiro atoms. The van der Waals surface area contributed by atoms with Crippen molar-refractivity contribution in [3.63, 3.8) is 0 Å². The van der Waals surface area contributed by atoms with Gasteiger partial charge >= 0.3 is 0 Å². The van der Waals surface area contributed by atoms with Gasteiger partial charge in [0.15, 0.2) is 0 Å². The lowest BCUT2D eigenvalue weighted by atomic mass is 9.99. The SMILES string of the molecule is CCOC(C1CC1)C(Cc1ccncc1)NN.